The molecule has 0 fully saturated rings. The Bertz CT molecular complexity index is 1020. The molecule has 0 aromatic heterocycles. The zero-order valence-corrected chi connectivity index (χ0v) is 15.0. The molecule has 0 unspecified atom stereocenters. The molecule has 5 nitrogen and oxygen atoms in total. The Balaban J connectivity index is 0.000000934. The molecule has 26 heavy (non-hydrogen) atoms. The Morgan fingerprint density at radius 3 is 2.00 bits per heavy atom. The Labute approximate surface area is 167 Å². The topological polar surface area (TPSA) is 76.0 Å². The number of hydrogen-bond donors (Lipinski definition) is 2. The van der Waals surface area contributed by atoms with Gasteiger partial charge in [-0.05, 0) is 30.3 Å². The maximum Gasteiger partial charge on any atom is 2.00 e. The number of phenols is 2. The van der Waals surface area contributed by atoms with Crippen LogP contribution in [0.1, 0.15) is 29.9 Å². The van der Waals surface area contributed by atoms with E-state index in [0.717, 1.165) is 0 Å². The van der Waals surface area contributed by atoms with Gasteiger partial charge in [0.2, 0.25) is 0 Å². The Morgan fingerprint density at radius 1 is 0.808 bits per heavy atom. The number of hydrogen-bond acceptors (Lipinski definition) is 5. The van der Waals surface area contributed by atoms with Gasteiger partial charge in [0, 0.05) is 28.8 Å². The summed E-state index contributed by atoms with van der Waals surface area (Å²) >= 11 is 0. The summed E-state index contributed by atoms with van der Waals surface area (Å²) < 4.78 is 11.8. The third-order valence-electron chi connectivity index (χ3n) is 4.68. The van der Waals surface area contributed by atoms with Gasteiger partial charge in [0.15, 0.2) is 5.60 Å². The Morgan fingerprint density at radius 2 is 1.38 bits per heavy atom. The zero-order valence-electron chi connectivity index (χ0n) is 15.6. The summed E-state index contributed by atoms with van der Waals surface area (Å²) in [4.78, 5) is 12.5. The first kappa shape index (κ1) is 16.7. The summed E-state index contributed by atoms with van der Waals surface area (Å²) in [6.07, 6.45) is 0. The fourth-order valence-electron chi connectivity index (χ4n) is 3.65. The summed E-state index contributed by atoms with van der Waals surface area (Å²) in [6, 6.07) is 16.6. The van der Waals surface area contributed by atoms with E-state index in [1.54, 1.807) is 24.3 Å². The molecular formula is C20H14MgO5. The van der Waals surface area contributed by atoms with Crippen LogP contribution in [0.5, 0.6) is 23.0 Å². The molecular weight excluding hydrogens is 345 g/mol. The molecule has 0 amide bonds. The van der Waals surface area contributed by atoms with Crippen molar-refractivity contribution in [3.8, 4) is 23.0 Å². The quantitative estimate of drug-likeness (QED) is 0.475. The number of carbonyl (C=O) groups is 1. The van der Waals surface area contributed by atoms with E-state index in [1.165, 1.54) is 24.3 Å². The molecule has 1 spiro atoms. The number of aromatic hydroxyl groups is 2. The van der Waals surface area contributed by atoms with Gasteiger partial charge >= 0.3 is 29.0 Å². The van der Waals surface area contributed by atoms with Crippen molar-refractivity contribution in [3.05, 3.63) is 82.9 Å². The van der Waals surface area contributed by atoms with E-state index in [1.807, 2.05) is 12.1 Å². The molecule has 0 saturated carbocycles. The first-order valence-corrected chi connectivity index (χ1v) is 7.77. The van der Waals surface area contributed by atoms with Crippen molar-refractivity contribution in [1.29, 1.82) is 0 Å². The van der Waals surface area contributed by atoms with Crippen LogP contribution in [0.25, 0.3) is 0 Å². The Kier molecular flexibility index (Phi) is 3.64. The number of fused-ring (bicyclic) bond motifs is 6. The van der Waals surface area contributed by atoms with Crippen LogP contribution in [0, 0.1) is 0 Å². The van der Waals surface area contributed by atoms with Crippen LogP contribution in [0.2, 0.25) is 0 Å². The summed E-state index contributed by atoms with van der Waals surface area (Å²) in [6.45, 7) is 0. The van der Waals surface area contributed by atoms with Gasteiger partial charge in [-0.1, -0.05) is 18.2 Å². The van der Waals surface area contributed by atoms with Crippen molar-refractivity contribution in [2.75, 3.05) is 0 Å². The molecule has 2 aliphatic rings. The molecule has 126 valence electrons. The second-order valence-electron chi connectivity index (χ2n) is 6.08. The molecule has 0 saturated heterocycles. The van der Waals surface area contributed by atoms with Crippen molar-refractivity contribution >= 4 is 29.0 Å². The molecule has 6 heteroatoms. The molecule has 3 aromatic rings. The van der Waals surface area contributed by atoms with Gasteiger partial charge in [0.1, 0.15) is 23.0 Å². The number of rotatable bonds is 0. The van der Waals surface area contributed by atoms with E-state index in [0.29, 0.717) is 33.8 Å². The second-order valence-corrected chi connectivity index (χ2v) is 6.08. The Hall–Kier alpha value is -2.70. The summed E-state index contributed by atoms with van der Waals surface area (Å²) in [5, 5.41) is 19.7. The van der Waals surface area contributed by atoms with Crippen LogP contribution >= 0.6 is 0 Å². The fraction of sp³-hybridized carbons (Fsp3) is 0.0500. The molecule has 2 N–H and O–H groups in total. The fourth-order valence-corrected chi connectivity index (χ4v) is 3.65. The minimum Gasteiger partial charge on any atom is -1.00 e. The van der Waals surface area contributed by atoms with Crippen LogP contribution in [-0.4, -0.2) is 39.2 Å². The third-order valence-corrected chi connectivity index (χ3v) is 4.68. The van der Waals surface area contributed by atoms with Gasteiger partial charge in [-0.2, -0.15) is 0 Å². The zero-order chi connectivity index (χ0) is 17.2. The maximum atomic E-state index is 12.5. The number of phenolic OH excluding ortho intramolecular Hbond substituents is 2. The van der Waals surface area contributed by atoms with Gasteiger partial charge < -0.3 is 22.5 Å². The van der Waals surface area contributed by atoms with Crippen molar-refractivity contribution in [2.24, 2.45) is 0 Å². The van der Waals surface area contributed by atoms with Crippen LogP contribution in [0.4, 0.5) is 0 Å². The normalized spacial score (nSPS) is 15.2. The van der Waals surface area contributed by atoms with Gasteiger partial charge in [-0.3, -0.25) is 0 Å². The van der Waals surface area contributed by atoms with Crippen molar-refractivity contribution in [1.82, 2.24) is 0 Å². The van der Waals surface area contributed by atoms with Crippen molar-refractivity contribution in [2.45, 2.75) is 5.60 Å². The number of ether oxygens (including phenoxy) is 2. The monoisotopic (exact) mass is 358 g/mol. The molecule has 0 atom stereocenters. The smallest absolute Gasteiger partial charge is 1.00 e. The standard InChI is InChI=1S/C20H12O5.Mg.2H/c21-11-5-7-15-17(9-11)24-18-10-12(22)6-8-16(18)20(15)14-4-2-1-3-13(14)19(23)25-20;;;/h1-10,21-22H;;;/q;+2;2*-1. The van der Waals surface area contributed by atoms with Gasteiger partial charge in [0.25, 0.3) is 0 Å². The summed E-state index contributed by atoms with van der Waals surface area (Å²) in [5.41, 5.74) is 1.28. The molecule has 2 heterocycles. The predicted octanol–water partition coefficient (Wildman–Crippen LogP) is 3.51. The van der Waals surface area contributed by atoms with Crippen LogP contribution in [0.15, 0.2) is 60.7 Å². The second kappa shape index (κ2) is 5.65. The number of carbonyl (C=O) groups excluding carboxylic acids is 1. The van der Waals surface area contributed by atoms with Crippen molar-refractivity contribution < 1.29 is 27.3 Å². The average molecular weight is 359 g/mol. The molecule has 2 aliphatic heterocycles. The summed E-state index contributed by atoms with van der Waals surface area (Å²) in [5.74, 6) is 0.408. The molecule has 3 aromatic carbocycles. The minimum absolute atomic E-state index is 0. The van der Waals surface area contributed by atoms with E-state index >= 15 is 0 Å². The molecule has 0 aliphatic carbocycles. The first-order valence-electron chi connectivity index (χ1n) is 7.77. The van der Waals surface area contributed by atoms with Crippen LogP contribution < -0.4 is 4.74 Å². The maximum absolute atomic E-state index is 12.5. The molecule has 0 radical (unpaired) electrons. The van der Waals surface area contributed by atoms with E-state index in [-0.39, 0.29) is 37.4 Å². The third kappa shape index (κ3) is 2.06. The molecule has 5 rings (SSSR count). The van der Waals surface area contributed by atoms with Gasteiger partial charge in [0.05, 0.1) is 5.56 Å². The van der Waals surface area contributed by atoms with E-state index in [4.69, 9.17) is 9.47 Å². The summed E-state index contributed by atoms with van der Waals surface area (Å²) in [7, 11) is 0. The number of benzene rings is 3. The minimum atomic E-state index is -1.17. The van der Waals surface area contributed by atoms with Crippen molar-refractivity contribution in [3.63, 3.8) is 0 Å². The predicted molar refractivity (Wildman–Crippen MR) is 96.0 cm³/mol. The van der Waals surface area contributed by atoms with E-state index in [2.05, 4.69) is 0 Å². The first-order chi connectivity index (χ1) is 12.1. The van der Waals surface area contributed by atoms with Crippen LogP contribution in [-0.2, 0) is 10.3 Å². The SMILES string of the molecule is O=C1OC2(c3ccc(O)cc3Oc3cc(O)ccc32)c2ccccc21.[H-].[H-].[Mg+2]. The molecule has 0 bridgehead atoms. The van der Waals surface area contributed by atoms with Crippen LogP contribution in [0.3, 0.4) is 0 Å². The van der Waals surface area contributed by atoms with Gasteiger partial charge in [-0.25, -0.2) is 4.79 Å². The van der Waals surface area contributed by atoms with E-state index < -0.39 is 11.6 Å². The van der Waals surface area contributed by atoms with E-state index in [9.17, 15) is 15.0 Å². The average Bonchev–Trinajstić information content (AvgIpc) is 2.88. The largest absolute Gasteiger partial charge is 2.00 e. The van der Waals surface area contributed by atoms with Gasteiger partial charge in [-0.15, -0.1) is 0 Å². The number of esters is 1.